The largest absolute Gasteiger partial charge is 0.467 e. The average molecular weight is 508 g/mol. The molecule has 0 spiro atoms. The van der Waals surface area contributed by atoms with Crippen molar-refractivity contribution >= 4 is 23.6 Å². The molecule has 0 bridgehead atoms. The number of nitrogens with one attached hydrogen (secondary N) is 1. The van der Waals surface area contributed by atoms with Crippen LogP contribution in [0.25, 0.3) is 11.1 Å². The molecule has 0 saturated carbocycles. The van der Waals surface area contributed by atoms with Crippen LogP contribution in [0.4, 0.5) is 0 Å². The maximum atomic E-state index is 13.3. The van der Waals surface area contributed by atoms with Crippen LogP contribution < -0.4 is 5.32 Å². The van der Waals surface area contributed by atoms with Gasteiger partial charge < -0.3 is 19.9 Å². The maximum absolute atomic E-state index is 13.3. The lowest BCUT2D eigenvalue weighted by molar-refractivity contribution is -0.142. The van der Waals surface area contributed by atoms with Crippen LogP contribution in [0.3, 0.4) is 0 Å². The third-order valence-corrected chi connectivity index (χ3v) is 6.52. The molecule has 0 aromatic heterocycles. The summed E-state index contributed by atoms with van der Waals surface area (Å²) in [5, 5.41) is 12.2. The van der Waals surface area contributed by atoms with Crippen molar-refractivity contribution < 1.29 is 24.2 Å². The molecule has 1 amide bonds. The normalized spacial score (nSPS) is 11.7. The van der Waals surface area contributed by atoms with Crippen molar-refractivity contribution in [2.75, 3.05) is 19.1 Å². The van der Waals surface area contributed by atoms with E-state index in [1.165, 1.54) is 7.11 Å². The van der Waals surface area contributed by atoms with Gasteiger partial charge in [0.15, 0.2) is 0 Å². The fraction of sp³-hybridized carbons (Fsp3) is 0.310. The molecule has 1 unspecified atom stereocenters. The van der Waals surface area contributed by atoms with E-state index in [1.54, 1.807) is 17.8 Å². The van der Waals surface area contributed by atoms with Gasteiger partial charge in [0.1, 0.15) is 6.04 Å². The van der Waals surface area contributed by atoms with Crippen molar-refractivity contribution in [2.45, 2.75) is 39.2 Å². The molecule has 0 heterocycles. The van der Waals surface area contributed by atoms with E-state index in [9.17, 15) is 14.7 Å². The fourth-order valence-corrected chi connectivity index (χ4v) is 4.42. The summed E-state index contributed by atoms with van der Waals surface area (Å²) in [4.78, 5) is 25.6. The van der Waals surface area contributed by atoms with Crippen LogP contribution in [-0.4, -0.2) is 42.1 Å². The minimum absolute atomic E-state index is 0.00866. The molecule has 0 aliphatic carbocycles. The van der Waals surface area contributed by atoms with Crippen LogP contribution in [0.1, 0.15) is 39.0 Å². The van der Waals surface area contributed by atoms with E-state index in [0.717, 1.165) is 39.1 Å². The summed E-state index contributed by atoms with van der Waals surface area (Å²) in [6, 6.07) is 20.4. The van der Waals surface area contributed by atoms with Gasteiger partial charge in [-0.15, -0.1) is 0 Å². The van der Waals surface area contributed by atoms with Gasteiger partial charge in [0.25, 0.3) is 5.91 Å². The van der Waals surface area contributed by atoms with Gasteiger partial charge in [-0.25, -0.2) is 4.79 Å². The number of hydrogen-bond acceptors (Lipinski definition) is 6. The average Bonchev–Trinajstić information content (AvgIpc) is 2.90. The zero-order valence-electron chi connectivity index (χ0n) is 21.0. The summed E-state index contributed by atoms with van der Waals surface area (Å²) in [6.07, 6.45) is 2.44. The van der Waals surface area contributed by atoms with Gasteiger partial charge in [0.05, 0.1) is 26.9 Å². The Morgan fingerprint density at radius 2 is 1.67 bits per heavy atom. The summed E-state index contributed by atoms with van der Waals surface area (Å²) < 4.78 is 10.8. The van der Waals surface area contributed by atoms with Gasteiger partial charge in [-0.1, -0.05) is 54.6 Å². The summed E-state index contributed by atoms with van der Waals surface area (Å²) in [5.74, 6) is -0.0504. The number of carbonyl (C=O) groups excluding carboxylic acids is 2. The molecule has 0 radical (unpaired) electrons. The Labute approximate surface area is 217 Å². The molecule has 2 N–H and O–H groups in total. The molecular formula is C29H33NO5S. The smallest absolute Gasteiger partial charge is 0.328 e. The number of amides is 1. The third-order valence-electron chi connectivity index (χ3n) is 5.88. The highest BCUT2D eigenvalue weighted by Gasteiger charge is 2.23. The predicted molar refractivity (Wildman–Crippen MR) is 144 cm³/mol. The van der Waals surface area contributed by atoms with E-state index in [2.05, 4.69) is 5.32 Å². The Hall–Kier alpha value is -3.13. The lowest BCUT2D eigenvalue weighted by Gasteiger charge is -2.19. The molecular weight excluding hydrogens is 474 g/mol. The van der Waals surface area contributed by atoms with Crippen molar-refractivity contribution in [1.29, 1.82) is 0 Å². The number of aliphatic hydroxyl groups excluding tert-OH is 1. The highest BCUT2D eigenvalue weighted by atomic mass is 32.2. The summed E-state index contributed by atoms with van der Waals surface area (Å²) in [7, 11) is 1.33. The number of ether oxygens (including phenoxy) is 2. The Bertz CT molecular complexity index is 1180. The first-order valence-corrected chi connectivity index (χ1v) is 13.2. The number of aliphatic hydroxyl groups is 1. The first kappa shape index (κ1) is 27.5. The van der Waals surface area contributed by atoms with E-state index in [-0.39, 0.29) is 12.5 Å². The van der Waals surface area contributed by atoms with Crippen molar-refractivity contribution in [1.82, 2.24) is 5.32 Å². The van der Waals surface area contributed by atoms with Gasteiger partial charge >= 0.3 is 5.97 Å². The number of rotatable bonds is 12. The Kier molecular flexibility index (Phi) is 10.5. The molecule has 3 aromatic carbocycles. The minimum Gasteiger partial charge on any atom is -0.467 e. The number of thioether (sulfide) groups is 1. The van der Waals surface area contributed by atoms with Gasteiger partial charge in [-0.3, -0.25) is 4.79 Å². The maximum Gasteiger partial charge on any atom is 0.328 e. The van der Waals surface area contributed by atoms with Crippen LogP contribution >= 0.6 is 11.8 Å². The third kappa shape index (κ3) is 7.43. The standard InChI is InChI=1S/C29H33NO5S/c1-20-7-4-5-10-24(20)26-16-23(19-35-18-22-9-6-8-21(15-22)17-31)11-12-25(26)28(32)30-27(13-14-36-3)29(33)34-2/h4-12,15-16,27,31H,13-14,17-19H2,1-3H3,(H,30,32). The second kappa shape index (κ2) is 13.8. The molecule has 3 aromatic rings. The lowest BCUT2D eigenvalue weighted by atomic mass is 9.93. The Morgan fingerprint density at radius 1 is 0.944 bits per heavy atom. The molecule has 0 aliphatic rings. The number of methoxy groups -OCH3 is 1. The predicted octanol–water partition coefficient (Wildman–Crippen LogP) is 4.90. The van der Waals surface area contributed by atoms with E-state index in [1.807, 2.05) is 73.8 Å². The first-order chi connectivity index (χ1) is 17.5. The fourth-order valence-electron chi connectivity index (χ4n) is 3.94. The van der Waals surface area contributed by atoms with Gasteiger partial charge in [-0.05, 0) is 70.9 Å². The quantitative estimate of drug-likeness (QED) is 0.340. The van der Waals surface area contributed by atoms with E-state index < -0.39 is 12.0 Å². The molecule has 3 rings (SSSR count). The number of carbonyl (C=O) groups is 2. The summed E-state index contributed by atoms with van der Waals surface area (Å²) >= 11 is 1.61. The van der Waals surface area contributed by atoms with Crippen LogP contribution in [0.15, 0.2) is 66.7 Å². The minimum atomic E-state index is -0.711. The zero-order valence-corrected chi connectivity index (χ0v) is 21.8. The lowest BCUT2D eigenvalue weighted by Crippen LogP contribution is -2.42. The zero-order chi connectivity index (χ0) is 25.9. The highest BCUT2D eigenvalue weighted by Crippen LogP contribution is 2.29. The molecule has 0 saturated heterocycles. The molecule has 0 fully saturated rings. The molecule has 0 aliphatic heterocycles. The van der Waals surface area contributed by atoms with Gasteiger partial charge in [0.2, 0.25) is 0 Å². The molecule has 1 atom stereocenters. The highest BCUT2D eigenvalue weighted by molar-refractivity contribution is 7.98. The van der Waals surface area contributed by atoms with Gasteiger partial charge in [-0.2, -0.15) is 11.8 Å². The van der Waals surface area contributed by atoms with Gasteiger partial charge in [0, 0.05) is 5.56 Å². The molecule has 36 heavy (non-hydrogen) atoms. The Morgan fingerprint density at radius 3 is 2.36 bits per heavy atom. The second-order valence-electron chi connectivity index (χ2n) is 8.50. The monoisotopic (exact) mass is 507 g/mol. The van der Waals surface area contributed by atoms with Crippen molar-refractivity contribution in [3.63, 3.8) is 0 Å². The van der Waals surface area contributed by atoms with E-state index >= 15 is 0 Å². The summed E-state index contributed by atoms with van der Waals surface area (Å²) in [5.41, 5.74) is 6.00. The SMILES string of the molecule is COC(=O)C(CCSC)NC(=O)c1ccc(COCc2cccc(CO)c2)cc1-c1ccccc1C. The topological polar surface area (TPSA) is 84.9 Å². The number of benzene rings is 3. The second-order valence-corrected chi connectivity index (χ2v) is 9.48. The van der Waals surface area contributed by atoms with E-state index in [0.29, 0.717) is 25.2 Å². The number of aryl methyl sites for hydroxylation is 1. The van der Waals surface area contributed by atoms with Crippen LogP contribution in [0.5, 0.6) is 0 Å². The van der Waals surface area contributed by atoms with E-state index in [4.69, 9.17) is 9.47 Å². The Balaban J connectivity index is 1.84. The summed E-state index contributed by atoms with van der Waals surface area (Å²) in [6.45, 7) is 2.77. The molecule has 6 nitrogen and oxygen atoms in total. The van der Waals surface area contributed by atoms with Crippen LogP contribution in [-0.2, 0) is 34.1 Å². The van der Waals surface area contributed by atoms with Crippen LogP contribution in [0, 0.1) is 6.92 Å². The van der Waals surface area contributed by atoms with Crippen molar-refractivity contribution in [3.05, 3.63) is 94.5 Å². The van der Waals surface area contributed by atoms with Crippen molar-refractivity contribution in [2.24, 2.45) is 0 Å². The number of esters is 1. The number of hydrogen-bond donors (Lipinski definition) is 2. The van der Waals surface area contributed by atoms with Crippen molar-refractivity contribution in [3.8, 4) is 11.1 Å². The van der Waals surface area contributed by atoms with Crippen LogP contribution in [0.2, 0.25) is 0 Å². The molecule has 190 valence electrons. The first-order valence-electron chi connectivity index (χ1n) is 11.8. The molecule has 7 heteroatoms.